The molecular weight excluding hydrogens is 226 g/mol. The van der Waals surface area contributed by atoms with Gasteiger partial charge < -0.3 is 9.84 Å². The van der Waals surface area contributed by atoms with Crippen molar-refractivity contribution in [3.8, 4) is 5.75 Å². The van der Waals surface area contributed by atoms with Gasteiger partial charge in [-0.2, -0.15) is 0 Å². The van der Waals surface area contributed by atoms with Crippen molar-refractivity contribution < 1.29 is 14.6 Å². The van der Waals surface area contributed by atoms with Gasteiger partial charge in [0.25, 0.3) is 0 Å². The number of ether oxygens (including phenoxy) is 1. The van der Waals surface area contributed by atoms with E-state index in [0.29, 0.717) is 11.6 Å². The molecule has 0 aliphatic rings. The molecule has 0 spiro atoms. The molecule has 5 heteroatoms. The Morgan fingerprint density at radius 1 is 1.56 bits per heavy atom. The molecule has 0 saturated carbocycles. The fourth-order valence-electron chi connectivity index (χ4n) is 1.41. The first-order chi connectivity index (χ1) is 7.69. The minimum Gasteiger partial charge on any atom is -0.494 e. The van der Waals surface area contributed by atoms with E-state index < -0.39 is 5.97 Å². The SMILES string of the molecule is CCOc1ccc2nc(CC(=O)O)sc2c1. The second kappa shape index (κ2) is 4.49. The number of aliphatic carboxylic acids is 1. The molecule has 84 valence electrons. The highest BCUT2D eigenvalue weighted by Crippen LogP contribution is 2.26. The van der Waals surface area contributed by atoms with E-state index in [1.165, 1.54) is 11.3 Å². The average molecular weight is 237 g/mol. The van der Waals surface area contributed by atoms with Crippen LogP contribution in [0.3, 0.4) is 0 Å². The fraction of sp³-hybridized carbons (Fsp3) is 0.273. The first kappa shape index (κ1) is 10.9. The third-order valence-corrected chi connectivity index (χ3v) is 3.04. The summed E-state index contributed by atoms with van der Waals surface area (Å²) < 4.78 is 6.33. The highest BCUT2D eigenvalue weighted by molar-refractivity contribution is 7.18. The molecule has 4 nitrogen and oxygen atoms in total. The smallest absolute Gasteiger partial charge is 0.310 e. The number of benzene rings is 1. The maximum Gasteiger partial charge on any atom is 0.310 e. The molecule has 0 aliphatic carbocycles. The first-order valence-electron chi connectivity index (χ1n) is 4.93. The monoisotopic (exact) mass is 237 g/mol. The summed E-state index contributed by atoms with van der Waals surface area (Å²) in [4.78, 5) is 14.8. The highest BCUT2D eigenvalue weighted by atomic mass is 32.1. The van der Waals surface area contributed by atoms with Crippen molar-refractivity contribution in [2.75, 3.05) is 6.61 Å². The molecule has 2 rings (SSSR count). The Morgan fingerprint density at radius 3 is 3.06 bits per heavy atom. The Morgan fingerprint density at radius 2 is 2.38 bits per heavy atom. The average Bonchev–Trinajstić information content (AvgIpc) is 2.58. The van der Waals surface area contributed by atoms with E-state index in [2.05, 4.69) is 4.98 Å². The normalized spacial score (nSPS) is 10.6. The van der Waals surface area contributed by atoms with E-state index in [4.69, 9.17) is 9.84 Å². The Labute approximate surface area is 96.5 Å². The predicted molar refractivity (Wildman–Crippen MR) is 62.1 cm³/mol. The van der Waals surface area contributed by atoms with Gasteiger partial charge >= 0.3 is 5.97 Å². The van der Waals surface area contributed by atoms with Gasteiger partial charge in [0.2, 0.25) is 0 Å². The minimum absolute atomic E-state index is 0.0245. The number of aromatic nitrogens is 1. The number of hydrogen-bond donors (Lipinski definition) is 1. The molecule has 0 radical (unpaired) electrons. The molecule has 1 N–H and O–H groups in total. The fourth-order valence-corrected chi connectivity index (χ4v) is 2.40. The maximum absolute atomic E-state index is 10.6. The molecule has 0 amide bonds. The number of rotatable bonds is 4. The van der Waals surface area contributed by atoms with E-state index in [1.54, 1.807) is 0 Å². The lowest BCUT2D eigenvalue weighted by atomic mass is 10.3. The lowest BCUT2D eigenvalue weighted by molar-refractivity contribution is -0.136. The van der Waals surface area contributed by atoms with E-state index in [0.717, 1.165) is 16.0 Å². The van der Waals surface area contributed by atoms with Crippen LogP contribution in [0, 0.1) is 0 Å². The number of nitrogens with zero attached hydrogens (tertiary/aromatic N) is 1. The van der Waals surface area contributed by atoms with Crippen molar-refractivity contribution in [1.29, 1.82) is 0 Å². The molecule has 0 unspecified atom stereocenters. The summed E-state index contributed by atoms with van der Waals surface area (Å²) in [5, 5.41) is 9.29. The van der Waals surface area contributed by atoms with Crippen LogP contribution < -0.4 is 4.74 Å². The Hall–Kier alpha value is -1.62. The quantitative estimate of drug-likeness (QED) is 0.886. The van der Waals surface area contributed by atoms with Crippen molar-refractivity contribution >= 4 is 27.5 Å². The van der Waals surface area contributed by atoms with Gasteiger partial charge in [0, 0.05) is 0 Å². The molecule has 0 bridgehead atoms. The van der Waals surface area contributed by atoms with Gasteiger partial charge in [-0.3, -0.25) is 4.79 Å². The lowest BCUT2D eigenvalue weighted by Crippen LogP contribution is -1.98. The summed E-state index contributed by atoms with van der Waals surface area (Å²) in [6, 6.07) is 5.58. The van der Waals surface area contributed by atoms with E-state index in [-0.39, 0.29) is 6.42 Å². The number of carbonyl (C=O) groups is 1. The second-order valence-electron chi connectivity index (χ2n) is 3.24. The summed E-state index contributed by atoms with van der Waals surface area (Å²) in [5.74, 6) is -0.0652. The van der Waals surface area contributed by atoms with Gasteiger partial charge in [0.1, 0.15) is 10.8 Å². The largest absolute Gasteiger partial charge is 0.494 e. The van der Waals surface area contributed by atoms with Gasteiger partial charge in [-0.05, 0) is 25.1 Å². The standard InChI is InChI=1S/C11H11NO3S/c1-2-15-7-3-4-8-9(5-7)16-10(12-8)6-11(13)14/h3-5H,2,6H2,1H3,(H,13,14). The Balaban J connectivity index is 2.34. The van der Waals surface area contributed by atoms with Gasteiger partial charge in [-0.15, -0.1) is 11.3 Å². The maximum atomic E-state index is 10.6. The molecule has 0 saturated heterocycles. The first-order valence-corrected chi connectivity index (χ1v) is 5.74. The van der Waals surface area contributed by atoms with Crippen LogP contribution in [-0.2, 0) is 11.2 Å². The highest BCUT2D eigenvalue weighted by Gasteiger charge is 2.08. The van der Waals surface area contributed by atoms with Crippen LogP contribution in [0.15, 0.2) is 18.2 Å². The van der Waals surface area contributed by atoms with Crippen LogP contribution in [0.5, 0.6) is 5.75 Å². The lowest BCUT2D eigenvalue weighted by Gasteiger charge is -2.00. The molecule has 0 atom stereocenters. The Kier molecular flexibility index (Phi) is 3.05. The zero-order valence-corrected chi connectivity index (χ0v) is 9.58. The van der Waals surface area contributed by atoms with Crippen LogP contribution >= 0.6 is 11.3 Å². The zero-order valence-electron chi connectivity index (χ0n) is 8.77. The Bertz CT molecular complexity index is 521. The van der Waals surface area contributed by atoms with Crippen LogP contribution in [0.2, 0.25) is 0 Å². The number of fused-ring (bicyclic) bond motifs is 1. The molecule has 0 aliphatic heterocycles. The summed E-state index contributed by atoms with van der Waals surface area (Å²) in [5.41, 5.74) is 0.824. The van der Waals surface area contributed by atoms with Gasteiger partial charge in [-0.1, -0.05) is 0 Å². The van der Waals surface area contributed by atoms with Crippen LogP contribution in [0.25, 0.3) is 10.2 Å². The van der Waals surface area contributed by atoms with E-state index >= 15 is 0 Å². The number of hydrogen-bond acceptors (Lipinski definition) is 4. The van der Waals surface area contributed by atoms with Crippen molar-refractivity contribution in [3.63, 3.8) is 0 Å². The van der Waals surface area contributed by atoms with Gasteiger partial charge in [0.05, 0.1) is 23.2 Å². The third kappa shape index (κ3) is 2.30. The van der Waals surface area contributed by atoms with Crippen molar-refractivity contribution in [1.82, 2.24) is 4.98 Å². The summed E-state index contributed by atoms with van der Waals surface area (Å²) in [6.07, 6.45) is -0.0245. The van der Waals surface area contributed by atoms with Gasteiger partial charge in [-0.25, -0.2) is 4.98 Å². The summed E-state index contributed by atoms with van der Waals surface area (Å²) in [7, 11) is 0. The van der Waals surface area contributed by atoms with Crippen molar-refractivity contribution in [3.05, 3.63) is 23.2 Å². The molecule has 0 fully saturated rings. The topological polar surface area (TPSA) is 59.4 Å². The molecule has 1 aromatic carbocycles. The number of thiazole rings is 1. The molecule has 1 heterocycles. The van der Waals surface area contributed by atoms with Crippen molar-refractivity contribution in [2.24, 2.45) is 0 Å². The molecule has 2 aromatic rings. The van der Waals surface area contributed by atoms with E-state index in [9.17, 15) is 4.79 Å². The number of carboxylic acids is 1. The molecule has 16 heavy (non-hydrogen) atoms. The predicted octanol–water partition coefficient (Wildman–Crippen LogP) is 2.32. The number of carboxylic acid groups (broad SMARTS) is 1. The minimum atomic E-state index is -0.857. The summed E-state index contributed by atoms with van der Waals surface area (Å²) in [6.45, 7) is 2.54. The van der Waals surface area contributed by atoms with Crippen LogP contribution in [0.1, 0.15) is 11.9 Å². The van der Waals surface area contributed by atoms with E-state index in [1.807, 2.05) is 25.1 Å². The van der Waals surface area contributed by atoms with Crippen LogP contribution in [0.4, 0.5) is 0 Å². The van der Waals surface area contributed by atoms with Crippen molar-refractivity contribution in [2.45, 2.75) is 13.3 Å². The zero-order chi connectivity index (χ0) is 11.5. The third-order valence-electron chi connectivity index (χ3n) is 2.02. The van der Waals surface area contributed by atoms with Crippen LogP contribution in [-0.4, -0.2) is 22.7 Å². The molecule has 1 aromatic heterocycles. The second-order valence-corrected chi connectivity index (χ2v) is 4.36. The summed E-state index contributed by atoms with van der Waals surface area (Å²) >= 11 is 1.39. The molecular formula is C11H11NO3S. The van der Waals surface area contributed by atoms with Gasteiger partial charge in [0.15, 0.2) is 0 Å².